The van der Waals surface area contributed by atoms with Crippen molar-refractivity contribution < 1.29 is 9.84 Å². The van der Waals surface area contributed by atoms with Gasteiger partial charge in [-0.1, -0.05) is 11.6 Å². The van der Waals surface area contributed by atoms with E-state index >= 15 is 0 Å². The van der Waals surface area contributed by atoms with Crippen molar-refractivity contribution in [2.45, 2.75) is 26.9 Å². The van der Waals surface area contributed by atoms with Crippen molar-refractivity contribution in [3.63, 3.8) is 0 Å². The summed E-state index contributed by atoms with van der Waals surface area (Å²) in [7, 11) is 0. The molecule has 0 aliphatic carbocycles. The first kappa shape index (κ1) is 10.1. The van der Waals surface area contributed by atoms with Gasteiger partial charge in [0.05, 0.1) is 11.8 Å². The molecule has 0 saturated carbocycles. The molecule has 1 heterocycles. The van der Waals surface area contributed by atoms with Gasteiger partial charge in [0.1, 0.15) is 5.02 Å². The molecule has 1 aromatic rings. The van der Waals surface area contributed by atoms with E-state index in [4.69, 9.17) is 16.3 Å². The van der Waals surface area contributed by atoms with Crippen LogP contribution in [0.25, 0.3) is 0 Å². The molecule has 0 atom stereocenters. The summed E-state index contributed by atoms with van der Waals surface area (Å²) in [4.78, 5) is 7.61. The summed E-state index contributed by atoms with van der Waals surface area (Å²) in [6.07, 6.45) is -0.0278. The highest BCUT2D eigenvalue weighted by atomic mass is 35.5. The van der Waals surface area contributed by atoms with E-state index in [-0.39, 0.29) is 23.0 Å². The van der Waals surface area contributed by atoms with Gasteiger partial charge >= 0.3 is 6.01 Å². The molecule has 1 aromatic heterocycles. The van der Waals surface area contributed by atoms with Crippen molar-refractivity contribution in [1.29, 1.82) is 0 Å². The quantitative estimate of drug-likeness (QED) is 0.796. The van der Waals surface area contributed by atoms with Gasteiger partial charge in [-0.25, -0.2) is 0 Å². The van der Waals surface area contributed by atoms with Crippen molar-refractivity contribution >= 4 is 11.6 Å². The van der Waals surface area contributed by atoms with Gasteiger partial charge in [0.2, 0.25) is 5.88 Å². The first-order chi connectivity index (χ1) is 6.00. The summed E-state index contributed by atoms with van der Waals surface area (Å²) >= 11 is 5.66. The second-order valence-electron chi connectivity index (χ2n) is 2.90. The number of ether oxygens (including phenoxy) is 1. The molecule has 1 rings (SSSR count). The normalized spacial score (nSPS) is 10.5. The number of hydrogen-bond donors (Lipinski definition) is 1. The molecule has 0 unspecified atom stereocenters. The first-order valence-electron chi connectivity index (χ1n) is 3.90. The predicted octanol–water partition coefficient (Wildman–Crippen LogP) is 1.93. The van der Waals surface area contributed by atoms with Crippen molar-refractivity contribution in [1.82, 2.24) is 9.97 Å². The van der Waals surface area contributed by atoms with Crippen molar-refractivity contribution in [3.05, 3.63) is 10.7 Å². The van der Waals surface area contributed by atoms with Crippen LogP contribution in [0.1, 0.15) is 19.5 Å². The average molecular weight is 203 g/mol. The van der Waals surface area contributed by atoms with E-state index in [2.05, 4.69) is 9.97 Å². The Hall–Kier alpha value is -1.03. The average Bonchev–Trinajstić information content (AvgIpc) is 1.98. The van der Waals surface area contributed by atoms with Gasteiger partial charge in [0.15, 0.2) is 0 Å². The lowest BCUT2D eigenvalue weighted by molar-refractivity contribution is 0.218. The topological polar surface area (TPSA) is 55.2 Å². The fourth-order valence-electron chi connectivity index (χ4n) is 0.783. The van der Waals surface area contributed by atoms with E-state index in [0.29, 0.717) is 5.69 Å². The maximum absolute atomic E-state index is 9.23. The molecule has 0 radical (unpaired) electrons. The minimum atomic E-state index is -0.246. The third kappa shape index (κ3) is 2.45. The second kappa shape index (κ2) is 3.79. The first-order valence-corrected chi connectivity index (χ1v) is 4.28. The highest BCUT2D eigenvalue weighted by Crippen LogP contribution is 2.25. The number of aromatic hydroxyl groups is 1. The van der Waals surface area contributed by atoms with Crippen LogP contribution in [0.15, 0.2) is 0 Å². The monoisotopic (exact) mass is 202 g/mol. The van der Waals surface area contributed by atoms with Gasteiger partial charge < -0.3 is 9.84 Å². The Labute approximate surface area is 81.5 Å². The van der Waals surface area contributed by atoms with Crippen LogP contribution in [0.3, 0.4) is 0 Å². The van der Waals surface area contributed by atoms with Gasteiger partial charge in [-0.05, 0) is 20.8 Å². The number of aryl methyl sites for hydroxylation is 1. The number of halogens is 1. The lowest BCUT2D eigenvalue weighted by Gasteiger charge is -2.08. The number of rotatable bonds is 2. The minimum absolute atomic E-state index is 0.0278. The largest absolute Gasteiger partial charge is 0.492 e. The van der Waals surface area contributed by atoms with Crippen LogP contribution in [0.5, 0.6) is 11.9 Å². The molecule has 0 aromatic carbocycles. The second-order valence-corrected chi connectivity index (χ2v) is 3.27. The summed E-state index contributed by atoms with van der Waals surface area (Å²) in [6.45, 7) is 5.38. The maximum atomic E-state index is 9.23. The van der Waals surface area contributed by atoms with Crippen LogP contribution in [0, 0.1) is 6.92 Å². The molecule has 0 aliphatic rings. The van der Waals surface area contributed by atoms with Gasteiger partial charge in [-0.3, -0.25) is 0 Å². The molecule has 0 saturated heterocycles. The Morgan fingerprint density at radius 2 is 2.00 bits per heavy atom. The van der Waals surface area contributed by atoms with E-state index in [1.54, 1.807) is 6.92 Å². The third-order valence-electron chi connectivity index (χ3n) is 1.32. The van der Waals surface area contributed by atoms with E-state index in [0.717, 1.165) is 0 Å². The van der Waals surface area contributed by atoms with Gasteiger partial charge in [-0.15, -0.1) is 0 Å². The van der Waals surface area contributed by atoms with Crippen LogP contribution in [0.2, 0.25) is 5.02 Å². The molecule has 0 fully saturated rings. The molecule has 0 bridgehead atoms. The van der Waals surface area contributed by atoms with Crippen LogP contribution in [-0.2, 0) is 0 Å². The predicted molar refractivity (Wildman–Crippen MR) is 49.2 cm³/mol. The molecule has 1 N–H and O–H groups in total. The van der Waals surface area contributed by atoms with Crippen molar-refractivity contribution in [2.75, 3.05) is 0 Å². The molecule has 5 heteroatoms. The molecule has 4 nitrogen and oxygen atoms in total. The molecular weight excluding hydrogens is 192 g/mol. The zero-order valence-corrected chi connectivity index (χ0v) is 8.46. The third-order valence-corrected chi connectivity index (χ3v) is 1.76. The van der Waals surface area contributed by atoms with Crippen LogP contribution < -0.4 is 4.74 Å². The Morgan fingerprint density at radius 1 is 1.38 bits per heavy atom. The highest BCUT2D eigenvalue weighted by molar-refractivity contribution is 6.32. The Balaban J connectivity index is 2.99. The Bertz CT molecular complexity index is 292. The highest BCUT2D eigenvalue weighted by Gasteiger charge is 2.09. The van der Waals surface area contributed by atoms with Crippen molar-refractivity contribution in [2.24, 2.45) is 0 Å². The van der Waals surface area contributed by atoms with Crippen LogP contribution in [-0.4, -0.2) is 21.2 Å². The van der Waals surface area contributed by atoms with Crippen molar-refractivity contribution in [3.8, 4) is 11.9 Å². The van der Waals surface area contributed by atoms with Crippen LogP contribution >= 0.6 is 11.6 Å². The summed E-state index contributed by atoms with van der Waals surface area (Å²) in [5.41, 5.74) is 0.504. The standard InChI is InChI=1S/C8H11ClN2O2/c1-4(2)13-8-10-5(3)6(9)7(12)11-8/h4H,1-3H3,(H,10,11,12). The molecular formula is C8H11ClN2O2. The van der Waals surface area contributed by atoms with Gasteiger partial charge in [-0.2, -0.15) is 9.97 Å². The fraction of sp³-hybridized carbons (Fsp3) is 0.500. The van der Waals surface area contributed by atoms with E-state index in [1.165, 1.54) is 0 Å². The van der Waals surface area contributed by atoms with E-state index in [9.17, 15) is 5.11 Å². The molecule has 13 heavy (non-hydrogen) atoms. The Kier molecular flexibility index (Phi) is 2.93. The summed E-state index contributed by atoms with van der Waals surface area (Å²) in [5, 5.41) is 9.39. The molecule has 0 amide bonds. The van der Waals surface area contributed by atoms with Gasteiger partial charge in [0, 0.05) is 0 Å². The fourth-order valence-corrected chi connectivity index (χ4v) is 0.867. The summed E-state index contributed by atoms with van der Waals surface area (Å²) < 4.78 is 5.19. The van der Waals surface area contributed by atoms with Gasteiger partial charge in [0.25, 0.3) is 0 Å². The summed E-state index contributed by atoms with van der Waals surface area (Å²) in [6, 6.07) is 0.148. The van der Waals surface area contributed by atoms with Crippen LogP contribution in [0.4, 0.5) is 0 Å². The SMILES string of the molecule is Cc1nc(OC(C)C)nc(O)c1Cl. The lowest BCUT2D eigenvalue weighted by atomic mass is 10.4. The Morgan fingerprint density at radius 3 is 2.46 bits per heavy atom. The zero-order chi connectivity index (χ0) is 10.0. The minimum Gasteiger partial charge on any atom is -0.492 e. The van der Waals surface area contributed by atoms with E-state index in [1.807, 2.05) is 13.8 Å². The smallest absolute Gasteiger partial charge is 0.320 e. The number of aromatic nitrogens is 2. The lowest BCUT2D eigenvalue weighted by Crippen LogP contribution is -2.08. The molecule has 0 aliphatic heterocycles. The molecule has 0 spiro atoms. The number of hydrogen-bond acceptors (Lipinski definition) is 4. The molecule has 72 valence electrons. The van der Waals surface area contributed by atoms with E-state index < -0.39 is 0 Å². The maximum Gasteiger partial charge on any atom is 0.320 e. The number of nitrogens with zero attached hydrogens (tertiary/aromatic N) is 2. The summed E-state index contributed by atoms with van der Waals surface area (Å²) in [5.74, 6) is -0.246. The zero-order valence-electron chi connectivity index (χ0n) is 7.71.